The Morgan fingerprint density at radius 2 is 1.41 bits per heavy atom. The quantitative estimate of drug-likeness (QED) is 0.568. The Bertz CT molecular complexity index is 843. The fourth-order valence-electron chi connectivity index (χ4n) is 2.41. The minimum Gasteiger partial charge on any atom is -0.255 e. The normalized spacial score (nSPS) is 10.7. The number of hydrogen-bond donors (Lipinski definition) is 0. The Hall–Kier alpha value is -3.14. The molecule has 4 aromatic rings. The molecule has 3 aromatic heterocycles. The van der Waals surface area contributed by atoms with Crippen LogP contribution in [0.4, 0.5) is 0 Å². The fraction of sp³-hybridized carbons (Fsp3) is 0. The summed E-state index contributed by atoms with van der Waals surface area (Å²) in [6.45, 7) is 0. The van der Waals surface area contributed by atoms with Crippen LogP contribution in [0.5, 0.6) is 0 Å². The Kier molecular flexibility index (Phi) is 3.05. The van der Waals surface area contributed by atoms with Gasteiger partial charge in [-0.15, -0.1) is 0 Å². The van der Waals surface area contributed by atoms with Gasteiger partial charge in [0.2, 0.25) is 5.69 Å². The average molecular weight is 285 g/mol. The van der Waals surface area contributed by atoms with Gasteiger partial charge in [0.1, 0.15) is 5.69 Å². The molecule has 104 valence electrons. The van der Waals surface area contributed by atoms with Crippen molar-refractivity contribution in [1.82, 2.24) is 15.0 Å². The van der Waals surface area contributed by atoms with Crippen molar-refractivity contribution in [2.75, 3.05) is 0 Å². The maximum absolute atomic E-state index is 4.79. The Labute approximate surface area is 127 Å². The van der Waals surface area contributed by atoms with Crippen molar-refractivity contribution in [1.29, 1.82) is 0 Å². The van der Waals surface area contributed by atoms with Gasteiger partial charge in [0.25, 0.3) is 0 Å². The molecule has 3 heterocycles. The zero-order valence-electron chi connectivity index (χ0n) is 11.8. The number of H-pyrrole nitrogens is 1. The minimum absolute atomic E-state index is 0.779. The number of pyridine rings is 2. The lowest BCUT2D eigenvalue weighted by Gasteiger charge is -2.06. The third-order valence-electron chi connectivity index (χ3n) is 3.44. The molecule has 0 fully saturated rings. The third kappa shape index (κ3) is 2.20. The maximum atomic E-state index is 4.79. The van der Waals surface area contributed by atoms with E-state index < -0.39 is 0 Å². The number of aromatic amines is 1. The monoisotopic (exact) mass is 285 g/mol. The van der Waals surface area contributed by atoms with Crippen LogP contribution >= 0.6 is 0 Å². The summed E-state index contributed by atoms with van der Waals surface area (Å²) in [5, 5.41) is 0. The predicted molar refractivity (Wildman–Crippen MR) is 84.8 cm³/mol. The van der Waals surface area contributed by atoms with E-state index >= 15 is 0 Å². The summed E-state index contributed by atoms with van der Waals surface area (Å²) in [5.74, 6) is 0. The summed E-state index contributed by atoms with van der Waals surface area (Å²) in [5.41, 5.74) is 5.05. The molecule has 0 unspecified atom stereocenters. The van der Waals surface area contributed by atoms with Gasteiger partial charge in [0.15, 0.2) is 11.9 Å². The minimum atomic E-state index is 0.779. The zero-order chi connectivity index (χ0) is 14.8. The van der Waals surface area contributed by atoms with Crippen molar-refractivity contribution >= 4 is 11.0 Å². The fourth-order valence-corrected chi connectivity index (χ4v) is 2.41. The summed E-state index contributed by atoms with van der Waals surface area (Å²) < 4.78 is 0. The van der Waals surface area contributed by atoms with Gasteiger partial charge < -0.3 is 0 Å². The van der Waals surface area contributed by atoms with Gasteiger partial charge in [0, 0.05) is 18.3 Å². The second kappa shape index (κ2) is 5.33. The third-order valence-corrected chi connectivity index (χ3v) is 3.44. The molecular formula is C18H13N4+. The number of nitrogens with one attached hydrogen (secondary N) is 1. The van der Waals surface area contributed by atoms with Gasteiger partial charge in [-0.3, -0.25) is 4.98 Å². The number of hydrogen-bond acceptors (Lipinski definition) is 3. The molecule has 0 aliphatic carbocycles. The second-order valence-corrected chi connectivity index (χ2v) is 4.90. The van der Waals surface area contributed by atoms with Gasteiger partial charge in [-0.2, -0.15) is 0 Å². The van der Waals surface area contributed by atoms with Gasteiger partial charge in [-0.1, -0.05) is 18.2 Å². The zero-order valence-corrected chi connectivity index (χ0v) is 11.8. The van der Waals surface area contributed by atoms with Crippen LogP contribution in [0.15, 0.2) is 73.1 Å². The molecule has 4 nitrogen and oxygen atoms in total. The van der Waals surface area contributed by atoms with E-state index in [2.05, 4.69) is 9.97 Å². The molecule has 0 bridgehead atoms. The first-order valence-electron chi connectivity index (χ1n) is 7.07. The molecule has 0 atom stereocenters. The second-order valence-electron chi connectivity index (χ2n) is 4.90. The molecular weight excluding hydrogens is 272 g/mol. The number of fused-ring (bicyclic) bond motifs is 1. The van der Waals surface area contributed by atoms with Gasteiger partial charge in [-0.05, 0) is 30.3 Å². The van der Waals surface area contributed by atoms with Crippen LogP contribution in [0, 0.1) is 0 Å². The molecule has 0 radical (unpaired) electrons. The smallest absolute Gasteiger partial charge is 0.231 e. The van der Waals surface area contributed by atoms with E-state index in [0.29, 0.717) is 0 Å². The molecule has 0 saturated carbocycles. The summed E-state index contributed by atoms with van der Waals surface area (Å²) in [6, 6.07) is 19.6. The van der Waals surface area contributed by atoms with Crippen molar-refractivity contribution in [3.63, 3.8) is 0 Å². The molecule has 22 heavy (non-hydrogen) atoms. The largest absolute Gasteiger partial charge is 0.255 e. The molecule has 4 rings (SSSR count). The molecule has 0 amide bonds. The van der Waals surface area contributed by atoms with Crippen LogP contribution in [0.3, 0.4) is 0 Å². The predicted octanol–water partition coefficient (Wildman–Crippen LogP) is 3.17. The Morgan fingerprint density at radius 1 is 0.682 bits per heavy atom. The van der Waals surface area contributed by atoms with Crippen molar-refractivity contribution < 1.29 is 4.98 Å². The topological polar surface area (TPSA) is 52.8 Å². The van der Waals surface area contributed by atoms with Crippen LogP contribution in [-0.2, 0) is 0 Å². The van der Waals surface area contributed by atoms with E-state index in [9.17, 15) is 0 Å². The Morgan fingerprint density at radius 3 is 2.09 bits per heavy atom. The first-order chi connectivity index (χ1) is 10.9. The highest BCUT2D eigenvalue weighted by Gasteiger charge is 2.17. The average Bonchev–Trinajstić information content (AvgIpc) is 2.62. The number of nitrogens with zero attached hydrogens (tertiary/aromatic N) is 3. The van der Waals surface area contributed by atoms with E-state index in [1.165, 1.54) is 0 Å². The number of rotatable bonds is 2. The molecule has 0 aliphatic heterocycles. The number of aromatic nitrogens is 4. The van der Waals surface area contributed by atoms with Crippen molar-refractivity contribution in [2.24, 2.45) is 0 Å². The highest BCUT2D eigenvalue weighted by atomic mass is 14.9. The van der Waals surface area contributed by atoms with Crippen LogP contribution in [0.25, 0.3) is 33.8 Å². The van der Waals surface area contributed by atoms with Crippen LogP contribution in [0.1, 0.15) is 0 Å². The van der Waals surface area contributed by atoms with Gasteiger partial charge >= 0.3 is 0 Å². The molecule has 1 N–H and O–H groups in total. The van der Waals surface area contributed by atoms with Crippen molar-refractivity contribution in [2.45, 2.75) is 0 Å². The molecule has 0 aliphatic rings. The van der Waals surface area contributed by atoms with Gasteiger partial charge in [-0.25, -0.2) is 15.0 Å². The first kappa shape index (κ1) is 12.6. The van der Waals surface area contributed by atoms with Gasteiger partial charge in [0.05, 0.1) is 16.7 Å². The molecule has 4 heteroatoms. The lowest BCUT2D eigenvalue weighted by molar-refractivity contribution is -0.364. The standard InChI is InChI=1S/C18H12N4/c1-2-8-14-13(7-1)21-17(15-9-3-5-11-19-15)18(22-14)16-10-4-6-12-20-16/h1-12H/p+1. The van der Waals surface area contributed by atoms with E-state index in [1.54, 1.807) is 6.20 Å². The molecule has 0 spiro atoms. The molecule has 0 saturated heterocycles. The molecule has 1 aromatic carbocycles. The lowest BCUT2D eigenvalue weighted by Crippen LogP contribution is -2.08. The Balaban J connectivity index is 2.04. The number of benzene rings is 1. The summed E-state index contributed by atoms with van der Waals surface area (Å²) in [6.07, 6.45) is 3.65. The summed E-state index contributed by atoms with van der Waals surface area (Å²) >= 11 is 0. The van der Waals surface area contributed by atoms with E-state index in [1.807, 2.05) is 66.9 Å². The van der Waals surface area contributed by atoms with Crippen LogP contribution in [0.2, 0.25) is 0 Å². The maximum Gasteiger partial charge on any atom is 0.231 e. The highest BCUT2D eigenvalue weighted by Crippen LogP contribution is 2.27. The van der Waals surface area contributed by atoms with E-state index in [-0.39, 0.29) is 0 Å². The summed E-state index contributed by atoms with van der Waals surface area (Å²) in [7, 11) is 0. The SMILES string of the molecule is c1ccc(-c2nc3ccccc3nc2-c2cccc[nH+]2)nc1. The van der Waals surface area contributed by atoms with E-state index in [4.69, 9.17) is 9.97 Å². The van der Waals surface area contributed by atoms with Crippen molar-refractivity contribution in [3.05, 3.63) is 73.1 Å². The summed E-state index contributed by atoms with van der Waals surface area (Å²) in [4.78, 5) is 17.2. The van der Waals surface area contributed by atoms with Crippen LogP contribution in [-0.4, -0.2) is 15.0 Å². The van der Waals surface area contributed by atoms with Crippen LogP contribution < -0.4 is 4.98 Å². The first-order valence-corrected chi connectivity index (χ1v) is 7.07. The number of para-hydroxylation sites is 2. The highest BCUT2D eigenvalue weighted by molar-refractivity contribution is 5.83. The van der Waals surface area contributed by atoms with Crippen molar-refractivity contribution in [3.8, 4) is 22.8 Å². The van der Waals surface area contributed by atoms with E-state index in [0.717, 1.165) is 33.8 Å². The lowest BCUT2D eigenvalue weighted by atomic mass is 10.1.